The summed E-state index contributed by atoms with van der Waals surface area (Å²) in [5.74, 6) is 0.810. The second-order valence-corrected chi connectivity index (χ2v) is 6.79. The quantitative estimate of drug-likeness (QED) is 0.649. The summed E-state index contributed by atoms with van der Waals surface area (Å²) in [5.41, 5.74) is 3.93. The van der Waals surface area contributed by atoms with Crippen molar-refractivity contribution in [3.05, 3.63) is 48.8 Å². The highest BCUT2D eigenvalue weighted by Gasteiger charge is 2.15. The molecule has 0 aliphatic carbocycles. The van der Waals surface area contributed by atoms with E-state index in [0.29, 0.717) is 6.54 Å². The van der Waals surface area contributed by atoms with E-state index in [9.17, 15) is 4.39 Å². The van der Waals surface area contributed by atoms with Crippen LogP contribution in [-0.2, 0) is 11.3 Å². The predicted molar refractivity (Wildman–Crippen MR) is 100.0 cm³/mol. The van der Waals surface area contributed by atoms with Crippen LogP contribution in [-0.4, -0.2) is 28.6 Å². The van der Waals surface area contributed by atoms with E-state index in [-0.39, 0.29) is 6.29 Å². The molecule has 2 unspecified atom stereocenters. The molecular weight excluding hydrogens is 331 g/mol. The molecule has 136 valence electrons. The highest BCUT2D eigenvalue weighted by molar-refractivity contribution is 5.92. The van der Waals surface area contributed by atoms with Gasteiger partial charge in [0.2, 0.25) is 0 Å². The van der Waals surface area contributed by atoms with Crippen LogP contribution in [0.15, 0.2) is 48.8 Å². The van der Waals surface area contributed by atoms with Crippen molar-refractivity contribution in [2.75, 3.05) is 6.61 Å². The lowest BCUT2D eigenvalue weighted by Gasteiger charge is -2.23. The molecule has 1 aromatic heterocycles. The lowest BCUT2D eigenvalue weighted by molar-refractivity contribution is -0.105. The van der Waals surface area contributed by atoms with Crippen LogP contribution in [0.3, 0.4) is 0 Å². The summed E-state index contributed by atoms with van der Waals surface area (Å²) >= 11 is 0. The minimum Gasteiger partial charge on any atom is -0.465 e. The number of para-hydroxylation sites is 1. The zero-order valence-corrected chi connectivity index (χ0v) is 14.9. The molecule has 26 heavy (non-hydrogen) atoms. The third kappa shape index (κ3) is 3.58. The van der Waals surface area contributed by atoms with E-state index in [2.05, 4.69) is 4.98 Å². The Labute approximate surface area is 152 Å². The lowest BCUT2D eigenvalue weighted by Crippen LogP contribution is -2.24. The van der Waals surface area contributed by atoms with Crippen molar-refractivity contribution in [3.63, 3.8) is 0 Å². The number of imidazole rings is 1. The number of rotatable bonds is 5. The molecule has 1 saturated heterocycles. The first-order valence-electron chi connectivity index (χ1n) is 9.17. The molecule has 1 aliphatic heterocycles. The van der Waals surface area contributed by atoms with Crippen molar-refractivity contribution in [3.8, 4) is 16.9 Å². The maximum absolute atomic E-state index is 13.4. The summed E-state index contributed by atoms with van der Waals surface area (Å²) in [4.78, 5) is 4.51. The molecule has 0 amide bonds. The summed E-state index contributed by atoms with van der Waals surface area (Å²) in [6.45, 7) is 2.64. The fourth-order valence-corrected chi connectivity index (χ4v) is 3.41. The van der Waals surface area contributed by atoms with Gasteiger partial charge in [0.1, 0.15) is 11.9 Å². The average Bonchev–Trinajstić information content (AvgIpc) is 3.06. The van der Waals surface area contributed by atoms with Crippen LogP contribution in [0.5, 0.6) is 5.75 Å². The molecule has 4 rings (SSSR count). The Hall–Kier alpha value is -2.40. The third-order valence-electron chi connectivity index (χ3n) is 4.67. The highest BCUT2D eigenvalue weighted by atomic mass is 19.1. The molecule has 0 spiro atoms. The smallest absolute Gasteiger partial charge is 0.199 e. The number of hydrogen-bond acceptors (Lipinski definition) is 3. The number of fused-ring (bicyclic) bond motifs is 1. The van der Waals surface area contributed by atoms with Crippen molar-refractivity contribution < 1.29 is 13.9 Å². The van der Waals surface area contributed by atoms with E-state index in [0.717, 1.165) is 53.8 Å². The van der Waals surface area contributed by atoms with Crippen molar-refractivity contribution in [1.82, 2.24) is 9.55 Å². The van der Waals surface area contributed by atoms with Gasteiger partial charge in [0, 0.05) is 12.0 Å². The summed E-state index contributed by atoms with van der Waals surface area (Å²) in [7, 11) is 0. The standard InChI is InChI=1S/C21H23FN2O2/c1-15(22)13-24-14-23-21-18(5-4-6-19(21)24)16-8-10-17(11-9-16)26-20-7-2-3-12-25-20/h4-6,8-11,14-15,20H,2-3,7,12-13H2,1H3. The van der Waals surface area contributed by atoms with Gasteiger partial charge in [-0.25, -0.2) is 9.37 Å². The fourth-order valence-electron chi connectivity index (χ4n) is 3.41. The third-order valence-corrected chi connectivity index (χ3v) is 4.67. The zero-order valence-electron chi connectivity index (χ0n) is 14.9. The van der Waals surface area contributed by atoms with E-state index in [1.54, 1.807) is 13.3 Å². The predicted octanol–water partition coefficient (Wildman–Crippen LogP) is 4.97. The van der Waals surface area contributed by atoms with Crippen LogP contribution in [0, 0.1) is 0 Å². The molecule has 2 heterocycles. The maximum Gasteiger partial charge on any atom is 0.199 e. The van der Waals surface area contributed by atoms with Gasteiger partial charge < -0.3 is 14.0 Å². The number of nitrogens with zero attached hydrogens (tertiary/aromatic N) is 2. The van der Waals surface area contributed by atoms with E-state index in [1.807, 2.05) is 47.0 Å². The number of alkyl halides is 1. The van der Waals surface area contributed by atoms with E-state index in [1.165, 1.54) is 0 Å². The first kappa shape index (κ1) is 17.0. The van der Waals surface area contributed by atoms with Crippen LogP contribution in [0.25, 0.3) is 22.2 Å². The van der Waals surface area contributed by atoms with Gasteiger partial charge in [-0.15, -0.1) is 0 Å². The molecule has 0 N–H and O–H groups in total. The van der Waals surface area contributed by atoms with E-state index >= 15 is 0 Å². The Morgan fingerprint density at radius 1 is 1.23 bits per heavy atom. The molecule has 3 aromatic rings. The van der Waals surface area contributed by atoms with Crippen LogP contribution in [0.4, 0.5) is 4.39 Å². The summed E-state index contributed by atoms with van der Waals surface area (Å²) in [6, 6.07) is 14.0. The Balaban J connectivity index is 1.58. The largest absolute Gasteiger partial charge is 0.465 e. The van der Waals surface area contributed by atoms with Gasteiger partial charge in [-0.1, -0.05) is 24.3 Å². The Kier molecular flexibility index (Phi) is 4.89. The number of ether oxygens (including phenoxy) is 2. The lowest BCUT2D eigenvalue weighted by atomic mass is 10.0. The monoisotopic (exact) mass is 354 g/mol. The first-order chi connectivity index (χ1) is 12.7. The molecular formula is C21H23FN2O2. The molecule has 4 nitrogen and oxygen atoms in total. The summed E-state index contributed by atoms with van der Waals surface area (Å²) in [5, 5.41) is 0. The number of hydrogen-bond donors (Lipinski definition) is 0. The molecule has 0 saturated carbocycles. The van der Waals surface area contributed by atoms with E-state index < -0.39 is 6.17 Å². The SMILES string of the molecule is CC(F)Cn1cnc2c(-c3ccc(OC4CCCCO4)cc3)cccc21. The molecule has 0 bridgehead atoms. The Bertz CT molecular complexity index is 867. The molecule has 5 heteroatoms. The number of benzene rings is 2. The first-order valence-corrected chi connectivity index (χ1v) is 9.17. The van der Waals surface area contributed by atoms with Crippen molar-refractivity contribution >= 4 is 11.0 Å². The molecule has 2 atom stereocenters. The van der Waals surface area contributed by atoms with Gasteiger partial charge in [0.15, 0.2) is 6.29 Å². The van der Waals surface area contributed by atoms with Crippen LogP contribution < -0.4 is 4.74 Å². The van der Waals surface area contributed by atoms with Crippen molar-refractivity contribution in [2.24, 2.45) is 0 Å². The molecule has 0 radical (unpaired) electrons. The second-order valence-electron chi connectivity index (χ2n) is 6.79. The van der Waals surface area contributed by atoms with Gasteiger partial charge in [-0.05, 0) is 43.5 Å². The van der Waals surface area contributed by atoms with Crippen molar-refractivity contribution in [2.45, 2.75) is 45.2 Å². The van der Waals surface area contributed by atoms with Gasteiger partial charge in [0.05, 0.1) is 30.5 Å². The minimum atomic E-state index is -0.908. The summed E-state index contributed by atoms with van der Waals surface area (Å²) in [6.07, 6.45) is 3.85. The number of aromatic nitrogens is 2. The van der Waals surface area contributed by atoms with Crippen LogP contribution in [0.1, 0.15) is 26.2 Å². The van der Waals surface area contributed by atoms with E-state index in [4.69, 9.17) is 9.47 Å². The second kappa shape index (κ2) is 7.46. The molecule has 1 aliphatic rings. The highest BCUT2D eigenvalue weighted by Crippen LogP contribution is 2.30. The normalized spacial score (nSPS) is 18.8. The van der Waals surface area contributed by atoms with Gasteiger partial charge in [0.25, 0.3) is 0 Å². The zero-order chi connectivity index (χ0) is 17.9. The Morgan fingerprint density at radius 3 is 2.81 bits per heavy atom. The summed E-state index contributed by atoms with van der Waals surface area (Å²) < 4.78 is 26.8. The van der Waals surface area contributed by atoms with Gasteiger partial charge in [-0.2, -0.15) is 0 Å². The van der Waals surface area contributed by atoms with Gasteiger partial charge in [-0.3, -0.25) is 0 Å². The van der Waals surface area contributed by atoms with Gasteiger partial charge >= 0.3 is 0 Å². The van der Waals surface area contributed by atoms with Crippen molar-refractivity contribution in [1.29, 1.82) is 0 Å². The number of halogens is 1. The van der Waals surface area contributed by atoms with Crippen LogP contribution in [0.2, 0.25) is 0 Å². The molecule has 1 fully saturated rings. The maximum atomic E-state index is 13.4. The average molecular weight is 354 g/mol. The fraction of sp³-hybridized carbons (Fsp3) is 0.381. The molecule has 2 aromatic carbocycles. The van der Waals surface area contributed by atoms with Crippen LogP contribution >= 0.6 is 0 Å². The Morgan fingerprint density at radius 2 is 2.08 bits per heavy atom. The minimum absolute atomic E-state index is 0.142. The topological polar surface area (TPSA) is 36.3 Å².